The lowest BCUT2D eigenvalue weighted by atomic mass is 10.1. The molecule has 4 rings (SSSR count). The molecule has 0 bridgehead atoms. The highest BCUT2D eigenvalue weighted by Crippen LogP contribution is 2.38. The van der Waals surface area contributed by atoms with Crippen molar-refractivity contribution in [1.82, 2.24) is 14.8 Å². The molecule has 2 aromatic heterocycles. The second-order valence-corrected chi connectivity index (χ2v) is 7.52. The van der Waals surface area contributed by atoms with E-state index in [0.29, 0.717) is 5.69 Å². The molecule has 0 N–H and O–H groups in total. The van der Waals surface area contributed by atoms with E-state index in [0.717, 1.165) is 23.8 Å². The van der Waals surface area contributed by atoms with E-state index in [1.54, 1.807) is 24.3 Å². The summed E-state index contributed by atoms with van der Waals surface area (Å²) in [5.74, 6) is -0.375. The van der Waals surface area contributed by atoms with Crippen molar-refractivity contribution >= 4 is 11.0 Å². The molecule has 0 spiro atoms. The summed E-state index contributed by atoms with van der Waals surface area (Å²) < 4.78 is 87.0. The maximum absolute atomic E-state index is 13.8. The zero-order valence-corrected chi connectivity index (χ0v) is 17.4. The minimum absolute atomic E-state index is 0.0646. The van der Waals surface area contributed by atoms with Crippen LogP contribution in [0.5, 0.6) is 5.88 Å². The van der Waals surface area contributed by atoms with Crippen LogP contribution in [-0.4, -0.2) is 14.8 Å². The zero-order valence-electron chi connectivity index (χ0n) is 17.4. The van der Waals surface area contributed by atoms with Gasteiger partial charge in [0, 0.05) is 6.07 Å². The van der Waals surface area contributed by atoms with Gasteiger partial charge in [-0.2, -0.15) is 36.4 Å². The van der Waals surface area contributed by atoms with Crippen molar-refractivity contribution < 1.29 is 31.1 Å². The van der Waals surface area contributed by atoms with E-state index in [1.165, 1.54) is 23.7 Å². The molecule has 33 heavy (non-hydrogen) atoms. The Morgan fingerprint density at radius 3 is 2.21 bits per heavy atom. The van der Waals surface area contributed by atoms with E-state index < -0.39 is 30.1 Å². The van der Waals surface area contributed by atoms with Crippen LogP contribution >= 0.6 is 0 Å². The number of aromatic nitrogens is 3. The fourth-order valence-corrected chi connectivity index (χ4v) is 3.42. The van der Waals surface area contributed by atoms with Gasteiger partial charge >= 0.3 is 12.4 Å². The van der Waals surface area contributed by atoms with E-state index in [-0.39, 0.29) is 28.2 Å². The molecule has 0 aliphatic heterocycles. The van der Waals surface area contributed by atoms with Gasteiger partial charge < -0.3 is 4.74 Å². The quantitative estimate of drug-likeness (QED) is 0.317. The normalized spacial score (nSPS) is 12.4. The highest BCUT2D eigenvalue weighted by Gasteiger charge is 2.36. The van der Waals surface area contributed by atoms with Crippen LogP contribution in [-0.2, 0) is 19.0 Å². The third-order valence-electron chi connectivity index (χ3n) is 5.01. The molecule has 2 aromatic carbocycles. The van der Waals surface area contributed by atoms with Gasteiger partial charge in [-0.15, -0.1) is 0 Å². The number of pyridine rings is 1. The highest BCUT2D eigenvalue weighted by molar-refractivity contribution is 5.84. The van der Waals surface area contributed by atoms with Gasteiger partial charge in [0.05, 0.1) is 27.9 Å². The van der Waals surface area contributed by atoms with Crippen LogP contribution in [0.1, 0.15) is 27.9 Å². The SMILES string of the molecule is Cc1ccc(-n2nc(C)c3c(C(F)(F)F)cc(OCc4cccc(C(F)(F)F)c4)nc32)cc1. The maximum Gasteiger partial charge on any atom is 0.417 e. The van der Waals surface area contributed by atoms with Crippen LogP contribution in [0.2, 0.25) is 0 Å². The number of aryl methyl sites for hydroxylation is 2. The number of benzene rings is 2. The van der Waals surface area contributed by atoms with Crippen LogP contribution in [0.3, 0.4) is 0 Å². The topological polar surface area (TPSA) is 39.9 Å². The summed E-state index contributed by atoms with van der Waals surface area (Å²) >= 11 is 0. The van der Waals surface area contributed by atoms with Crippen LogP contribution in [0.25, 0.3) is 16.7 Å². The number of alkyl halides is 6. The van der Waals surface area contributed by atoms with Gasteiger partial charge in [-0.25, -0.2) is 4.68 Å². The Morgan fingerprint density at radius 2 is 1.58 bits per heavy atom. The summed E-state index contributed by atoms with van der Waals surface area (Å²) in [5, 5.41) is 4.06. The van der Waals surface area contributed by atoms with Gasteiger partial charge in [-0.3, -0.25) is 0 Å². The Morgan fingerprint density at radius 1 is 0.879 bits per heavy atom. The molecule has 0 fully saturated rings. The number of hydrogen-bond acceptors (Lipinski definition) is 3. The molecule has 0 unspecified atom stereocenters. The molecule has 0 saturated carbocycles. The van der Waals surface area contributed by atoms with Crippen molar-refractivity contribution in [1.29, 1.82) is 0 Å². The average molecular weight is 465 g/mol. The molecule has 4 aromatic rings. The summed E-state index contributed by atoms with van der Waals surface area (Å²) in [6.07, 6.45) is -9.27. The van der Waals surface area contributed by atoms with Gasteiger partial charge in [-0.1, -0.05) is 29.8 Å². The predicted molar refractivity (Wildman–Crippen MR) is 109 cm³/mol. The molecule has 0 aliphatic rings. The molecule has 0 amide bonds. The third kappa shape index (κ3) is 4.64. The van der Waals surface area contributed by atoms with E-state index in [9.17, 15) is 26.3 Å². The van der Waals surface area contributed by atoms with Crippen LogP contribution < -0.4 is 4.74 Å². The van der Waals surface area contributed by atoms with Gasteiger partial charge in [0.25, 0.3) is 0 Å². The molecule has 172 valence electrons. The van der Waals surface area contributed by atoms with Gasteiger partial charge in [-0.05, 0) is 43.7 Å². The Balaban J connectivity index is 1.78. The van der Waals surface area contributed by atoms with Crippen molar-refractivity contribution in [3.63, 3.8) is 0 Å². The minimum atomic E-state index is -4.72. The first-order valence-corrected chi connectivity index (χ1v) is 9.77. The van der Waals surface area contributed by atoms with Crippen LogP contribution in [0, 0.1) is 13.8 Å². The maximum atomic E-state index is 13.8. The fourth-order valence-electron chi connectivity index (χ4n) is 3.42. The molecule has 0 radical (unpaired) electrons. The molecular formula is C23H17F6N3O. The molecule has 4 nitrogen and oxygen atoms in total. The Labute approximate surface area is 184 Å². The number of hydrogen-bond donors (Lipinski definition) is 0. The summed E-state index contributed by atoms with van der Waals surface area (Å²) in [7, 11) is 0. The van der Waals surface area contributed by atoms with Gasteiger partial charge in [0.1, 0.15) is 6.61 Å². The first kappa shape index (κ1) is 22.6. The summed E-state index contributed by atoms with van der Waals surface area (Å²) in [4.78, 5) is 4.21. The lowest BCUT2D eigenvalue weighted by Gasteiger charge is -2.13. The fraction of sp³-hybridized carbons (Fsp3) is 0.217. The van der Waals surface area contributed by atoms with Gasteiger partial charge in [0.2, 0.25) is 5.88 Å². The van der Waals surface area contributed by atoms with Crippen molar-refractivity contribution in [3.05, 3.63) is 82.5 Å². The first-order valence-electron chi connectivity index (χ1n) is 9.77. The van der Waals surface area contributed by atoms with Gasteiger partial charge in [0.15, 0.2) is 5.65 Å². The van der Waals surface area contributed by atoms with Crippen molar-refractivity contribution in [2.24, 2.45) is 0 Å². The number of ether oxygens (including phenoxy) is 1. The second kappa shape index (κ2) is 8.09. The number of nitrogens with zero attached hydrogens (tertiary/aromatic N) is 3. The molecule has 0 atom stereocenters. The van der Waals surface area contributed by atoms with E-state index >= 15 is 0 Å². The first-order chi connectivity index (χ1) is 15.4. The summed E-state index contributed by atoms with van der Waals surface area (Å²) in [6, 6.07) is 12.1. The lowest BCUT2D eigenvalue weighted by Crippen LogP contribution is -2.09. The summed E-state index contributed by atoms with van der Waals surface area (Å²) in [5.41, 5.74) is -0.183. The molecule has 10 heteroatoms. The number of halogens is 6. The van der Waals surface area contributed by atoms with Crippen molar-refractivity contribution in [3.8, 4) is 11.6 Å². The van der Waals surface area contributed by atoms with Crippen molar-refractivity contribution in [2.45, 2.75) is 32.8 Å². The zero-order chi connectivity index (χ0) is 24.0. The largest absolute Gasteiger partial charge is 0.473 e. The molecule has 2 heterocycles. The van der Waals surface area contributed by atoms with E-state index in [2.05, 4.69) is 10.1 Å². The Bertz CT molecular complexity index is 1310. The molecule has 0 aliphatic carbocycles. The summed E-state index contributed by atoms with van der Waals surface area (Å²) in [6.45, 7) is 2.93. The van der Waals surface area contributed by atoms with E-state index in [1.807, 2.05) is 6.92 Å². The molecule has 0 saturated heterocycles. The lowest BCUT2D eigenvalue weighted by molar-refractivity contribution is -0.138. The van der Waals surface area contributed by atoms with Crippen molar-refractivity contribution in [2.75, 3.05) is 0 Å². The Hall–Kier alpha value is -3.56. The number of fused-ring (bicyclic) bond motifs is 1. The highest BCUT2D eigenvalue weighted by atomic mass is 19.4. The smallest absolute Gasteiger partial charge is 0.417 e. The van der Waals surface area contributed by atoms with Crippen LogP contribution in [0.15, 0.2) is 54.6 Å². The second-order valence-electron chi connectivity index (χ2n) is 7.52. The third-order valence-corrected chi connectivity index (χ3v) is 5.01. The molecular weight excluding hydrogens is 448 g/mol. The number of rotatable bonds is 4. The predicted octanol–water partition coefficient (Wildman–Crippen LogP) is 6.65. The van der Waals surface area contributed by atoms with Crippen LogP contribution in [0.4, 0.5) is 26.3 Å². The average Bonchev–Trinajstić information content (AvgIpc) is 3.07. The standard InChI is InChI=1S/C23H17F6N3O/c1-13-6-8-17(9-7-13)32-21-20(14(2)31-32)18(23(27,28)29)11-19(30-21)33-12-15-4-3-5-16(10-15)22(24,25)26/h3-11H,12H2,1-2H3. The monoisotopic (exact) mass is 465 g/mol. The van der Waals surface area contributed by atoms with E-state index in [4.69, 9.17) is 4.74 Å². The Kier molecular flexibility index (Phi) is 5.55. The minimum Gasteiger partial charge on any atom is -0.473 e.